The Kier molecular flexibility index (Phi) is 5.98. The van der Waals surface area contributed by atoms with Crippen LogP contribution in [-0.4, -0.2) is 0 Å². The van der Waals surface area contributed by atoms with E-state index < -0.39 is 0 Å². The van der Waals surface area contributed by atoms with E-state index >= 15 is 0 Å². The lowest BCUT2D eigenvalue weighted by Crippen LogP contribution is -2.17. The number of rotatable bonds is 5. The minimum Gasteiger partial charge on any atom is -0.0622 e. The highest BCUT2D eigenvalue weighted by Gasteiger charge is 2.27. The van der Waals surface area contributed by atoms with E-state index in [2.05, 4.69) is 109 Å². The topological polar surface area (TPSA) is 0 Å². The molecule has 1 fully saturated rings. The first-order valence-electron chi connectivity index (χ1n) is 11.7. The molecule has 0 aromatic heterocycles. The van der Waals surface area contributed by atoms with Crippen LogP contribution in [0.15, 0.2) is 109 Å². The predicted octanol–water partition coefficient (Wildman–Crippen LogP) is 8.73. The Balaban J connectivity index is 1.58. The second-order valence-electron chi connectivity index (χ2n) is 8.86. The smallest absolute Gasteiger partial charge is 0.0118 e. The lowest BCUT2D eigenvalue weighted by molar-refractivity contribution is 0.327. The summed E-state index contributed by atoms with van der Waals surface area (Å²) in [5.41, 5.74) is 8.14. The number of benzene rings is 4. The molecule has 0 aliphatic heterocycles. The van der Waals surface area contributed by atoms with Crippen molar-refractivity contribution >= 4 is 0 Å². The summed E-state index contributed by atoms with van der Waals surface area (Å²) < 4.78 is 0. The molecule has 1 aliphatic carbocycles. The molecule has 0 unspecified atom stereocenters. The second kappa shape index (κ2) is 9.35. The highest BCUT2D eigenvalue weighted by molar-refractivity contribution is 5.66. The molecule has 4 aromatic rings. The van der Waals surface area contributed by atoms with Crippen molar-refractivity contribution in [1.29, 1.82) is 0 Å². The van der Waals surface area contributed by atoms with Gasteiger partial charge in [-0.1, -0.05) is 128 Å². The van der Waals surface area contributed by atoms with Crippen LogP contribution in [0.25, 0.3) is 22.3 Å². The summed E-state index contributed by atoms with van der Waals surface area (Å²) >= 11 is 0. The summed E-state index contributed by atoms with van der Waals surface area (Å²) in [6.45, 7) is 0. The van der Waals surface area contributed by atoms with Crippen LogP contribution < -0.4 is 0 Å². The van der Waals surface area contributed by atoms with Gasteiger partial charge in [0.1, 0.15) is 0 Å². The minimum absolute atomic E-state index is 0.452. The molecule has 0 heteroatoms. The van der Waals surface area contributed by atoms with Crippen molar-refractivity contribution in [3.05, 3.63) is 120 Å². The van der Waals surface area contributed by atoms with Gasteiger partial charge in [0.2, 0.25) is 0 Å². The van der Waals surface area contributed by atoms with Gasteiger partial charge in [0.25, 0.3) is 0 Å². The molecule has 0 bridgehead atoms. The van der Waals surface area contributed by atoms with Crippen molar-refractivity contribution in [3.8, 4) is 22.3 Å². The van der Waals surface area contributed by atoms with Gasteiger partial charge >= 0.3 is 0 Å². The van der Waals surface area contributed by atoms with Crippen molar-refractivity contribution in [3.63, 3.8) is 0 Å². The van der Waals surface area contributed by atoms with E-state index in [1.54, 1.807) is 0 Å². The molecule has 0 radical (unpaired) electrons. The van der Waals surface area contributed by atoms with Gasteiger partial charge in [-0.05, 0) is 52.1 Å². The van der Waals surface area contributed by atoms with Crippen molar-refractivity contribution in [1.82, 2.24) is 0 Å². The zero-order valence-electron chi connectivity index (χ0n) is 18.1. The van der Waals surface area contributed by atoms with Crippen molar-refractivity contribution in [2.45, 2.75) is 38.0 Å². The van der Waals surface area contributed by atoms with Gasteiger partial charge < -0.3 is 0 Å². The van der Waals surface area contributed by atoms with E-state index in [-0.39, 0.29) is 0 Å². The van der Waals surface area contributed by atoms with E-state index in [0.717, 1.165) is 0 Å². The monoisotopic (exact) mass is 402 g/mol. The molecule has 0 heterocycles. The number of hydrogen-bond acceptors (Lipinski definition) is 0. The van der Waals surface area contributed by atoms with E-state index in [4.69, 9.17) is 0 Å². The SMILES string of the molecule is c1ccc(-c2cccc(C(c3cccc(-c4ccccc4)c3)C3CCCCC3)c2)cc1. The zero-order chi connectivity index (χ0) is 20.9. The highest BCUT2D eigenvalue weighted by atomic mass is 14.3. The maximum Gasteiger partial charge on any atom is 0.0118 e. The molecule has 31 heavy (non-hydrogen) atoms. The van der Waals surface area contributed by atoms with Crippen LogP contribution in [0.4, 0.5) is 0 Å². The Labute approximate surface area is 186 Å². The predicted molar refractivity (Wildman–Crippen MR) is 132 cm³/mol. The summed E-state index contributed by atoms with van der Waals surface area (Å²) in [6, 6.07) is 40.1. The maximum atomic E-state index is 2.43. The van der Waals surface area contributed by atoms with Crippen LogP contribution in [0.3, 0.4) is 0 Å². The molecular formula is C31H30. The number of hydrogen-bond donors (Lipinski definition) is 0. The first-order valence-corrected chi connectivity index (χ1v) is 11.7. The van der Waals surface area contributed by atoms with E-state index in [0.29, 0.717) is 11.8 Å². The molecule has 154 valence electrons. The molecule has 4 aromatic carbocycles. The molecule has 0 saturated heterocycles. The highest BCUT2D eigenvalue weighted by Crippen LogP contribution is 2.42. The third-order valence-electron chi connectivity index (χ3n) is 6.83. The lowest BCUT2D eigenvalue weighted by atomic mass is 9.73. The Hall–Kier alpha value is -3.12. The average molecular weight is 403 g/mol. The van der Waals surface area contributed by atoms with Crippen molar-refractivity contribution in [2.75, 3.05) is 0 Å². The van der Waals surface area contributed by atoms with Gasteiger partial charge in [-0.2, -0.15) is 0 Å². The minimum atomic E-state index is 0.452. The van der Waals surface area contributed by atoms with Gasteiger partial charge in [-0.25, -0.2) is 0 Å². The van der Waals surface area contributed by atoms with Crippen molar-refractivity contribution in [2.24, 2.45) is 5.92 Å². The largest absolute Gasteiger partial charge is 0.0622 e. The van der Waals surface area contributed by atoms with Crippen LogP contribution >= 0.6 is 0 Å². The van der Waals surface area contributed by atoms with E-state index in [9.17, 15) is 0 Å². The van der Waals surface area contributed by atoms with Crippen LogP contribution in [0.2, 0.25) is 0 Å². The molecule has 1 saturated carbocycles. The second-order valence-corrected chi connectivity index (χ2v) is 8.86. The first kappa shape index (κ1) is 19.8. The van der Waals surface area contributed by atoms with Gasteiger partial charge in [0.15, 0.2) is 0 Å². The van der Waals surface area contributed by atoms with Gasteiger partial charge in [0, 0.05) is 5.92 Å². The Morgan fingerprint density at radius 3 is 1.39 bits per heavy atom. The Morgan fingerprint density at radius 2 is 0.903 bits per heavy atom. The first-order chi connectivity index (χ1) is 15.4. The fraction of sp³-hybridized carbons (Fsp3) is 0.226. The summed E-state index contributed by atoms with van der Waals surface area (Å²) in [7, 11) is 0. The normalized spacial score (nSPS) is 14.6. The lowest BCUT2D eigenvalue weighted by Gasteiger charge is -2.32. The standard InChI is InChI=1S/C31H30/c1-4-12-24(13-5-1)27-18-10-20-29(22-27)31(26-16-8-3-9-17-26)30-21-11-19-28(23-30)25-14-6-2-7-15-25/h1-2,4-7,10-15,18-23,26,31H,3,8-9,16-17H2. The van der Waals surface area contributed by atoms with E-state index in [1.165, 1.54) is 65.5 Å². The third-order valence-corrected chi connectivity index (χ3v) is 6.83. The molecule has 0 atom stereocenters. The third kappa shape index (κ3) is 4.49. The van der Waals surface area contributed by atoms with E-state index in [1.807, 2.05) is 0 Å². The summed E-state index contributed by atoms with van der Waals surface area (Å²) in [6.07, 6.45) is 6.76. The molecule has 1 aliphatic rings. The van der Waals surface area contributed by atoms with Gasteiger partial charge in [-0.15, -0.1) is 0 Å². The molecule has 0 spiro atoms. The average Bonchev–Trinajstić information content (AvgIpc) is 2.86. The Morgan fingerprint density at radius 1 is 0.452 bits per heavy atom. The fourth-order valence-electron chi connectivity index (χ4n) is 5.29. The molecule has 0 amide bonds. The van der Waals surface area contributed by atoms with Gasteiger partial charge in [-0.3, -0.25) is 0 Å². The molecule has 0 nitrogen and oxygen atoms in total. The maximum absolute atomic E-state index is 2.43. The van der Waals surface area contributed by atoms with Crippen LogP contribution in [-0.2, 0) is 0 Å². The molecular weight excluding hydrogens is 372 g/mol. The van der Waals surface area contributed by atoms with Crippen molar-refractivity contribution < 1.29 is 0 Å². The van der Waals surface area contributed by atoms with Crippen LogP contribution in [0.1, 0.15) is 49.1 Å². The quantitative estimate of drug-likeness (QED) is 0.313. The summed E-state index contributed by atoms with van der Waals surface area (Å²) in [5.74, 6) is 1.17. The summed E-state index contributed by atoms with van der Waals surface area (Å²) in [4.78, 5) is 0. The molecule has 5 rings (SSSR count). The zero-order valence-corrected chi connectivity index (χ0v) is 18.1. The Bertz CT molecular complexity index is 1020. The summed E-state index contributed by atoms with van der Waals surface area (Å²) in [5, 5.41) is 0. The van der Waals surface area contributed by atoms with Crippen LogP contribution in [0, 0.1) is 5.92 Å². The van der Waals surface area contributed by atoms with Gasteiger partial charge in [0.05, 0.1) is 0 Å². The fourth-order valence-corrected chi connectivity index (χ4v) is 5.29. The molecule has 0 N–H and O–H groups in total. The van der Waals surface area contributed by atoms with Crippen LogP contribution in [0.5, 0.6) is 0 Å².